The molecule has 1 aromatic carbocycles. The zero-order valence-electron chi connectivity index (χ0n) is 12.4. The Labute approximate surface area is 133 Å². The van der Waals surface area contributed by atoms with Crippen LogP contribution in [0.2, 0.25) is 0 Å². The summed E-state index contributed by atoms with van der Waals surface area (Å²) in [6, 6.07) is 6.31. The van der Waals surface area contributed by atoms with Crippen LogP contribution in [0.5, 0.6) is 0 Å². The molecule has 0 spiro atoms. The molecule has 1 aromatic heterocycles. The van der Waals surface area contributed by atoms with E-state index >= 15 is 0 Å². The lowest BCUT2D eigenvalue weighted by Gasteiger charge is -2.27. The van der Waals surface area contributed by atoms with Crippen molar-refractivity contribution in [1.82, 2.24) is 15.5 Å². The molecule has 1 N–H and O–H groups in total. The maximum atomic E-state index is 5.48. The molecule has 2 aromatic rings. The van der Waals surface area contributed by atoms with E-state index in [2.05, 4.69) is 51.3 Å². The summed E-state index contributed by atoms with van der Waals surface area (Å²) >= 11 is 3.55. The van der Waals surface area contributed by atoms with Gasteiger partial charge in [-0.05, 0) is 43.9 Å². The van der Waals surface area contributed by atoms with Crippen LogP contribution in [0.4, 0.5) is 0 Å². The number of benzene rings is 1. The van der Waals surface area contributed by atoms with Gasteiger partial charge in [0.15, 0.2) is 0 Å². The minimum Gasteiger partial charge on any atom is -0.337 e. The van der Waals surface area contributed by atoms with Gasteiger partial charge in [-0.3, -0.25) is 0 Å². The van der Waals surface area contributed by atoms with Crippen molar-refractivity contribution in [2.24, 2.45) is 5.92 Å². The first kappa shape index (κ1) is 14.7. The first-order chi connectivity index (χ1) is 10.2. The third kappa shape index (κ3) is 3.19. The minimum atomic E-state index is 0.193. The standard InChI is InChI=1S/C16H20BrN3O/c1-3-11-6-7-18-14(8-11)16-19-15(20-21-16)12-5-4-10(2)13(17)9-12/h4-5,9,11,14,18H,3,6-8H2,1-2H3. The van der Waals surface area contributed by atoms with Crippen LogP contribution in [0.1, 0.15) is 43.7 Å². The maximum absolute atomic E-state index is 5.48. The van der Waals surface area contributed by atoms with E-state index in [1.807, 2.05) is 12.1 Å². The van der Waals surface area contributed by atoms with Crippen LogP contribution >= 0.6 is 15.9 Å². The summed E-state index contributed by atoms with van der Waals surface area (Å²) in [5.41, 5.74) is 2.17. The Morgan fingerprint density at radius 2 is 2.29 bits per heavy atom. The third-order valence-electron chi connectivity index (χ3n) is 4.26. The molecule has 5 heteroatoms. The van der Waals surface area contributed by atoms with Crippen LogP contribution in [-0.4, -0.2) is 16.7 Å². The van der Waals surface area contributed by atoms with Crippen molar-refractivity contribution in [1.29, 1.82) is 0 Å². The van der Waals surface area contributed by atoms with E-state index in [0.717, 1.165) is 28.9 Å². The number of piperidine rings is 1. The molecule has 2 atom stereocenters. The van der Waals surface area contributed by atoms with E-state index in [9.17, 15) is 0 Å². The van der Waals surface area contributed by atoms with Gasteiger partial charge in [0, 0.05) is 10.0 Å². The van der Waals surface area contributed by atoms with Crippen molar-refractivity contribution in [3.8, 4) is 11.4 Å². The zero-order valence-corrected chi connectivity index (χ0v) is 14.0. The number of hydrogen-bond donors (Lipinski definition) is 1. The van der Waals surface area contributed by atoms with Crippen molar-refractivity contribution < 1.29 is 4.52 Å². The Balaban J connectivity index is 1.81. The molecular formula is C16H20BrN3O. The zero-order chi connectivity index (χ0) is 14.8. The van der Waals surface area contributed by atoms with Crippen LogP contribution in [0.3, 0.4) is 0 Å². The Morgan fingerprint density at radius 3 is 3.05 bits per heavy atom. The quantitative estimate of drug-likeness (QED) is 0.899. The average Bonchev–Trinajstić information content (AvgIpc) is 3.00. The van der Waals surface area contributed by atoms with Gasteiger partial charge in [0.2, 0.25) is 11.7 Å². The second kappa shape index (κ2) is 6.28. The number of aromatic nitrogens is 2. The summed E-state index contributed by atoms with van der Waals surface area (Å²) in [4.78, 5) is 4.58. The predicted octanol–water partition coefficient (Wildman–Crippen LogP) is 4.26. The Morgan fingerprint density at radius 1 is 1.43 bits per heavy atom. The highest BCUT2D eigenvalue weighted by molar-refractivity contribution is 9.10. The van der Waals surface area contributed by atoms with Crippen molar-refractivity contribution in [3.63, 3.8) is 0 Å². The number of rotatable bonds is 3. The number of hydrogen-bond acceptors (Lipinski definition) is 4. The van der Waals surface area contributed by atoms with Gasteiger partial charge < -0.3 is 9.84 Å². The van der Waals surface area contributed by atoms with E-state index in [-0.39, 0.29) is 6.04 Å². The fourth-order valence-corrected chi connectivity index (χ4v) is 3.16. The third-order valence-corrected chi connectivity index (χ3v) is 5.11. The first-order valence-corrected chi connectivity index (χ1v) is 8.30. The van der Waals surface area contributed by atoms with Crippen molar-refractivity contribution in [3.05, 3.63) is 34.1 Å². The molecule has 0 radical (unpaired) electrons. The SMILES string of the molecule is CCC1CCNC(c2nc(-c3ccc(C)c(Br)c3)no2)C1. The molecule has 112 valence electrons. The summed E-state index contributed by atoms with van der Waals surface area (Å²) in [5.74, 6) is 2.12. The summed E-state index contributed by atoms with van der Waals surface area (Å²) in [6.07, 6.45) is 3.53. The lowest BCUT2D eigenvalue weighted by atomic mass is 9.90. The van der Waals surface area contributed by atoms with Crippen LogP contribution in [0, 0.1) is 12.8 Å². The monoisotopic (exact) mass is 349 g/mol. The molecule has 0 amide bonds. The molecule has 21 heavy (non-hydrogen) atoms. The lowest BCUT2D eigenvalue weighted by molar-refractivity contribution is 0.246. The molecule has 1 fully saturated rings. The molecule has 0 aliphatic carbocycles. The second-order valence-corrected chi connectivity index (χ2v) is 6.58. The Bertz CT molecular complexity index is 626. The first-order valence-electron chi connectivity index (χ1n) is 7.51. The van der Waals surface area contributed by atoms with Crippen molar-refractivity contribution in [2.45, 2.75) is 39.2 Å². The summed E-state index contributed by atoms with van der Waals surface area (Å²) < 4.78 is 6.55. The van der Waals surface area contributed by atoms with E-state index in [1.54, 1.807) is 0 Å². The minimum absolute atomic E-state index is 0.193. The summed E-state index contributed by atoms with van der Waals surface area (Å²) in [7, 11) is 0. The Kier molecular flexibility index (Phi) is 4.40. The van der Waals surface area contributed by atoms with Gasteiger partial charge in [0.05, 0.1) is 6.04 Å². The van der Waals surface area contributed by atoms with Gasteiger partial charge in [-0.1, -0.05) is 46.6 Å². The van der Waals surface area contributed by atoms with E-state index in [1.165, 1.54) is 18.4 Å². The van der Waals surface area contributed by atoms with Gasteiger partial charge >= 0.3 is 0 Å². The molecule has 0 bridgehead atoms. The molecule has 2 heterocycles. The maximum Gasteiger partial charge on any atom is 0.244 e. The van der Waals surface area contributed by atoms with E-state index < -0.39 is 0 Å². The fourth-order valence-electron chi connectivity index (χ4n) is 2.78. The molecule has 1 saturated heterocycles. The van der Waals surface area contributed by atoms with Crippen molar-refractivity contribution >= 4 is 15.9 Å². The van der Waals surface area contributed by atoms with Gasteiger partial charge in [0.25, 0.3) is 0 Å². The van der Waals surface area contributed by atoms with Crippen LogP contribution in [0.15, 0.2) is 27.2 Å². The molecular weight excluding hydrogens is 330 g/mol. The number of halogens is 1. The van der Waals surface area contributed by atoms with Crippen LogP contribution < -0.4 is 5.32 Å². The van der Waals surface area contributed by atoms with Crippen LogP contribution in [0.25, 0.3) is 11.4 Å². The van der Waals surface area contributed by atoms with Crippen molar-refractivity contribution in [2.75, 3.05) is 6.54 Å². The molecule has 3 rings (SSSR count). The molecule has 0 saturated carbocycles. The predicted molar refractivity (Wildman–Crippen MR) is 85.9 cm³/mol. The van der Waals surface area contributed by atoms with Gasteiger partial charge in [-0.25, -0.2) is 0 Å². The number of nitrogens with one attached hydrogen (secondary N) is 1. The lowest BCUT2D eigenvalue weighted by Crippen LogP contribution is -2.31. The fraction of sp³-hybridized carbons (Fsp3) is 0.500. The number of aryl methyl sites for hydroxylation is 1. The highest BCUT2D eigenvalue weighted by Gasteiger charge is 2.26. The van der Waals surface area contributed by atoms with E-state index in [0.29, 0.717) is 11.7 Å². The topological polar surface area (TPSA) is 51.0 Å². The second-order valence-electron chi connectivity index (χ2n) is 5.73. The van der Waals surface area contributed by atoms with Gasteiger partial charge in [-0.15, -0.1) is 0 Å². The highest BCUT2D eigenvalue weighted by atomic mass is 79.9. The highest BCUT2D eigenvalue weighted by Crippen LogP contribution is 2.30. The summed E-state index contributed by atoms with van der Waals surface area (Å²) in [6.45, 7) is 5.33. The molecule has 2 unspecified atom stereocenters. The summed E-state index contributed by atoms with van der Waals surface area (Å²) in [5, 5.41) is 7.62. The largest absolute Gasteiger partial charge is 0.337 e. The van der Waals surface area contributed by atoms with Gasteiger partial charge in [-0.2, -0.15) is 4.98 Å². The van der Waals surface area contributed by atoms with E-state index in [4.69, 9.17) is 4.52 Å². The number of nitrogens with zero attached hydrogens (tertiary/aromatic N) is 2. The van der Waals surface area contributed by atoms with Gasteiger partial charge in [0.1, 0.15) is 0 Å². The molecule has 1 aliphatic heterocycles. The Hall–Kier alpha value is -1.20. The average molecular weight is 350 g/mol. The normalized spacial score (nSPS) is 22.4. The molecule has 1 aliphatic rings. The van der Waals surface area contributed by atoms with Crippen LogP contribution in [-0.2, 0) is 0 Å². The smallest absolute Gasteiger partial charge is 0.244 e. The molecule has 4 nitrogen and oxygen atoms in total.